The van der Waals surface area contributed by atoms with Crippen LogP contribution in [0.2, 0.25) is 0 Å². The molecule has 0 fully saturated rings. The Hall–Kier alpha value is -5.94. The van der Waals surface area contributed by atoms with Crippen molar-refractivity contribution in [2.24, 2.45) is 0 Å². The van der Waals surface area contributed by atoms with Gasteiger partial charge >= 0.3 is 0 Å². The Morgan fingerprint density at radius 2 is 0.550 bits per heavy atom. The lowest BCUT2D eigenvalue weighted by Gasteiger charge is -2.37. The van der Waals surface area contributed by atoms with Crippen LogP contribution in [-0.2, 0) is 0 Å². The van der Waals surface area contributed by atoms with Gasteiger partial charge in [-0.3, -0.25) is 0 Å². The molecule has 2 bridgehead atoms. The molecule has 3 aliphatic carbocycles. The van der Waals surface area contributed by atoms with E-state index in [2.05, 4.69) is 85.0 Å². The first-order valence-electron chi connectivity index (χ1n) is 13.0. The summed E-state index contributed by atoms with van der Waals surface area (Å²) in [6.07, 6.45) is 4.60. The first-order valence-corrected chi connectivity index (χ1v) is 13.0. The summed E-state index contributed by atoms with van der Waals surface area (Å²) in [4.78, 5) is 0. The average Bonchev–Trinajstić information content (AvgIpc) is 2.99. The summed E-state index contributed by atoms with van der Waals surface area (Å²) in [5.41, 5.74) is 6.78. The SMILES string of the molecule is N#Cc1cc2cc3cc4c(cc3cc2cc1C#N)C1C=CC4c2cc3cc4cc(C#N)c(C#N)cc4cc3cc21. The predicted octanol–water partition coefficient (Wildman–Crippen LogP) is 7.93. The maximum Gasteiger partial charge on any atom is 0.101 e. The summed E-state index contributed by atoms with van der Waals surface area (Å²) in [6.45, 7) is 0. The van der Waals surface area contributed by atoms with E-state index in [4.69, 9.17) is 0 Å². The molecule has 40 heavy (non-hydrogen) atoms. The molecule has 4 nitrogen and oxygen atoms in total. The molecule has 3 aliphatic rings. The minimum Gasteiger partial charge on any atom is -0.192 e. The summed E-state index contributed by atoms with van der Waals surface area (Å²) >= 11 is 0. The Labute approximate surface area is 229 Å². The third kappa shape index (κ3) is 2.91. The largest absolute Gasteiger partial charge is 0.192 e. The third-order valence-electron chi connectivity index (χ3n) is 8.59. The van der Waals surface area contributed by atoms with Crippen LogP contribution in [0.15, 0.2) is 84.9 Å². The van der Waals surface area contributed by atoms with Crippen molar-refractivity contribution >= 4 is 43.1 Å². The normalized spacial score (nSPS) is 16.3. The van der Waals surface area contributed by atoms with Crippen molar-refractivity contribution in [3.8, 4) is 24.3 Å². The standard InChI is InChI=1S/C36H16N4/c37-15-27-7-19-3-23-11-33-31-1-2-32(35(33)13-25(23)5-21(19)9-29(27)17-39)36-14-26-6-22-10-30(18-40)28(16-38)8-20(22)4-24(26)12-34(31)36/h1-14,31-32H. The number of hydrogen-bond donors (Lipinski definition) is 0. The van der Waals surface area contributed by atoms with E-state index in [1.165, 1.54) is 22.3 Å². The van der Waals surface area contributed by atoms with Gasteiger partial charge in [-0.1, -0.05) is 12.2 Å². The van der Waals surface area contributed by atoms with Crippen LogP contribution in [0.25, 0.3) is 43.1 Å². The van der Waals surface area contributed by atoms with Gasteiger partial charge in [-0.2, -0.15) is 21.0 Å². The van der Waals surface area contributed by atoms with Gasteiger partial charge in [0.1, 0.15) is 24.3 Å². The van der Waals surface area contributed by atoms with E-state index in [9.17, 15) is 21.0 Å². The highest BCUT2D eigenvalue weighted by Crippen LogP contribution is 2.51. The maximum absolute atomic E-state index is 9.49. The number of nitrogens with zero attached hydrogens (tertiary/aromatic N) is 4. The number of fused-ring (bicyclic) bond motifs is 4. The first-order chi connectivity index (χ1) is 19.6. The average molecular weight is 505 g/mol. The highest BCUT2D eigenvalue weighted by molar-refractivity contribution is 6.02. The van der Waals surface area contributed by atoms with E-state index in [-0.39, 0.29) is 11.8 Å². The minimum absolute atomic E-state index is 0.140. The van der Waals surface area contributed by atoms with Crippen molar-refractivity contribution in [1.29, 1.82) is 21.0 Å². The topological polar surface area (TPSA) is 95.2 Å². The summed E-state index contributed by atoms with van der Waals surface area (Å²) in [5.74, 6) is 0.280. The molecular weight excluding hydrogens is 488 g/mol. The third-order valence-corrected chi connectivity index (χ3v) is 8.59. The molecular formula is C36H16N4. The molecule has 0 saturated carbocycles. The summed E-state index contributed by atoms with van der Waals surface area (Å²) in [5, 5.41) is 46.2. The summed E-state index contributed by atoms with van der Waals surface area (Å²) in [7, 11) is 0. The quantitative estimate of drug-likeness (QED) is 0.155. The van der Waals surface area contributed by atoms with Gasteiger partial charge in [-0.15, -0.1) is 0 Å². The molecule has 0 N–H and O–H groups in total. The maximum atomic E-state index is 9.49. The number of hydrogen-bond acceptors (Lipinski definition) is 4. The lowest BCUT2D eigenvalue weighted by atomic mass is 9.67. The molecule has 0 amide bonds. The van der Waals surface area contributed by atoms with Gasteiger partial charge in [0.15, 0.2) is 0 Å². The fraction of sp³-hybridized carbons (Fsp3) is 0.0556. The molecule has 0 heterocycles. The molecule has 0 atom stereocenters. The van der Waals surface area contributed by atoms with E-state index in [0.29, 0.717) is 22.3 Å². The van der Waals surface area contributed by atoms with Gasteiger partial charge < -0.3 is 0 Å². The van der Waals surface area contributed by atoms with E-state index in [1.54, 1.807) is 0 Å². The number of benzene rings is 6. The van der Waals surface area contributed by atoms with Crippen molar-refractivity contribution in [2.45, 2.75) is 11.8 Å². The monoisotopic (exact) mass is 504 g/mol. The van der Waals surface area contributed by atoms with Crippen molar-refractivity contribution in [1.82, 2.24) is 0 Å². The Morgan fingerprint density at radius 1 is 0.325 bits per heavy atom. The minimum atomic E-state index is 0.140. The van der Waals surface area contributed by atoms with Crippen LogP contribution in [0.3, 0.4) is 0 Å². The first kappa shape index (κ1) is 22.1. The summed E-state index contributed by atoms with van der Waals surface area (Å²) < 4.78 is 0. The summed E-state index contributed by atoms with van der Waals surface area (Å²) in [6, 6.07) is 33.4. The van der Waals surface area contributed by atoms with Crippen molar-refractivity contribution < 1.29 is 0 Å². The molecule has 0 spiro atoms. The molecule has 6 aromatic rings. The lowest BCUT2D eigenvalue weighted by Crippen LogP contribution is -2.20. The van der Waals surface area contributed by atoms with Crippen LogP contribution in [0.4, 0.5) is 0 Å². The molecule has 9 rings (SSSR count). The van der Waals surface area contributed by atoms with Crippen LogP contribution < -0.4 is 0 Å². The predicted molar refractivity (Wildman–Crippen MR) is 155 cm³/mol. The van der Waals surface area contributed by atoms with E-state index in [1.807, 2.05) is 24.3 Å². The van der Waals surface area contributed by atoms with E-state index in [0.717, 1.165) is 43.1 Å². The van der Waals surface area contributed by atoms with Crippen LogP contribution in [0, 0.1) is 45.3 Å². The molecule has 0 radical (unpaired) electrons. The second-order valence-electron chi connectivity index (χ2n) is 10.6. The van der Waals surface area contributed by atoms with Gasteiger partial charge in [-0.05, 0) is 138 Å². The van der Waals surface area contributed by atoms with Crippen molar-refractivity contribution in [3.05, 3.63) is 129 Å². The van der Waals surface area contributed by atoms with Crippen LogP contribution >= 0.6 is 0 Å². The van der Waals surface area contributed by atoms with Gasteiger partial charge in [-0.25, -0.2) is 0 Å². The van der Waals surface area contributed by atoms with Gasteiger partial charge in [0.25, 0.3) is 0 Å². The van der Waals surface area contributed by atoms with Crippen LogP contribution in [-0.4, -0.2) is 0 Å². The van der Waals surface area contributed by atoms with E-state index < -0.39 is 0 Å². The second kappa shape index (κ2) is 7.79. The van der Waals surface area contributed by atoms with Crippen molar-refractivity contribution in [2.75, 3.05) is 0 Å². The smallest absolute Gasteiger partial charge is 0.101 e. The van der Waals surface area contributed by atoms with Gasteiger partial charge in [0, 0.05) is 11.8 Å². The molecule has 180 valence electrons. The number of nitriles is 4. The van der Waals surface area contributed by atoms with E-state index >= 15 is 0 Å². The number of allylic oxidation sites excluding steroid dienone is 2. The molecule has 0 aliphatic heterocycles. The van der Waals surface area contributed by atoms with Gasteiger partial charge in [0.05, 0.1) is 22.3 Å². The van der Waals surface area contributed by atoms with Gasteiger partial charge in [0.2, 0.25) is 0 Å². The van der Waals surface area contributed by atoms with Crippen LogP contribution in [0.1, 0.15) is 56.3 Å². The Bertz CT molecular complexity index is 2050. The zero-order valence-electron chi connectivity index (χ0n) is 21.0. The highest BCUT2D eigenvalue weighted by Gasteiger charge is 2.34. The Balaban J connectivity index is 1.33. The number of rotatable bonds is 0. The Kier molecular flexibility index (Phi) is 4.30. The molecule has 0 saturated heterocycles. The molecule has 0 aromatic heterocycles. The fourth-order valence-electron chi connectivity index (χ4n) is 6.69. The molecule has 0 unspecified atom stereocenters. The van der Waals surface area contributed by atoms with Crippen LogP contribution in [0.5, 0.6) is 0 Å². The zero-order valence-corrected chi connectivity index (χ0v) is 21.0. The lowest BCUT2D eigenvalue weighted by molar-refractivity contribution is 0.817. The fourth-order valence-corrected chi connectivity index (χ4v) is 6.69. The Morgan fingerprint density at radius 3 is 0.775 bits per heavy atom. The molecule has 6 aromatic carbocycles. The highest BCUT2D eigenvalue weighted by atomic mass is 14.4. The van der Waals surface area contributed by atoms with Crippen molar-refractivity contribution in [3.63, 3.8) is 0 Å². The zero-order chi connectivity index (χ0) is 27.1. The second-order valence-corrected chi connectivity index (χ2v) is 10.6. The molecule has 4 heteroatoms.